The molecule has 5 nitrogen and oxygen atoms in total. The standard InChI is InChI=1S/C21H28F3N3O2/c1-5-6-7-8-13-28-17-11-9-16(10-12-17)27(4)19-18(21(22,23)24)14-25-20(26-19)29-15(2)3/h9-12,14-15H,5-8,13H2,1-4H3. The van der Waals surface area contributed by atoms with Gasteiger partial charge in [0.15, 0.2) is 5.82 Å². The second-order valence-electron chi connectivity index (χ2n) is 7.02. The highest BCUT2D eigenvalue weighted by Crippen LogP contribution is 2.38. The van der Waals surface area contributed by atoms with Gasteiger partial charge in [-0.1, -0.05) is 26.2 Å². The number of unbranched alkanes of at least 4 members (excludes halogenated alkanes) is 3. The molecule has 160 valence electrons. The Hall–Kier alpha value is -2.51. The van der Waals surface area contributed by atoms with E-state index in [1.165, 1.54) is 18.4 Å². The highest BCUT2D eigenvalue weighted by atomic mass is 19.4. The van der Waals surface area contributed by atoms with Crippen LogP contribution in [0, 0.1) is 0 Å². The predicted octanol–water partition coefficient (Wildman–Crippen LogP) is 6.01. The number of ether oxygens (including phenoxy) is 2. The van der Waals surface area contributed by atoms with Crippen molar-refractivity contribution in [2.75, 3.05) is 18.6 Å². The SMILES string of the molecule is CCCCCCOc1ccc(N(C)c2nc(OC(C)C)ncc2C(F)(F)F)cc1. The molecule has 0 saturated heterocycles. The van der Waals surface area contributed by atoms with Crippen molar-refractivity contribution in [3.8, 4) is 11.8 Å². The maximum absolute atomic E-state index is 13.4. The quantitative estimate of drug-likeness (QED) is 0.448. The molecule has 0 unspecified atom stereocenters. The minimum Gasteiger partial charge on any atom is -0.494 e. The third-order valence-electron chi connectivity index (χ3n) is 4.20. The molecule has 0 radical (unpaired) electrons. The van der Waals surface area contributed by atoms with Crippen molar-refractivity contribution in [2.24, 2.45) is 0 Å². The maximum atomic E-state index is 13.4. The molecule has 8 heteroatoms. The molecule has 0 saturated carbocycles. The highest BCUT2D eigenvalue weighted by molar-refractivity contribution is 5.63. The molecular formula is C21H28F3N3O2. The van der Waals surface area contributed by atoms with Gasteiger partial charge in [0, 0.05) is 18.9 Å². The lowest BCUT2D eigenvalue weighted by molar-refractivity contribution is -0.137. The van der Waals surface area contributed by atoms with Crippen molar-refractivity contribution in [1.82, 2.24) is 9.97 Å². The van der Waals surface area contributed by atoms with E-state index in [-0.39, 0.29) is 17.9 Å². The Balaban J connectivity index is 2.18. The molecule has 2 aromatic rings. The molecule has 2 rings (SSSR count). The van der Waals surface area contributed by atoms with Crippen LogP contribution < -0.4 is 14.4 Å². The largest absolute Gasteiger partial charge is 0.494 e. The fraction of sp³-hybridized carbons (Fsp3) is 0.524. The van der Waals surface area contributed by atoms with Crippen LogP contribution in [0.2, 0.25) is 0 Å². The van der Waals surface area contributed by atoms with Crippen LogP contribution in [0.1, 0.15) is 52.0 Å². The van der Waals surface area contributed by atoms with Crippen LogP contribution in [0.25, 0.3) is 0 Å². The van der Waals surface area contributed by atoms with Crippen molar-refractivity contribution in [3.05, 3.63) is 36.0 Å². The lowest BCUT2D eigenvalue weighted by Crippen LogP contribution is -2.20. The van der Waals surface area contributed by atoms with Gasteiger partial charge in [-0.15, -0.1) is 0 Å². The zero-order valence-electron chi connectivity index (χ0n) is 17.3. The number of anilines is 2. The molecule has 1 aromatic carbocycles. The van der Waals surface area contributed by atoms with Crippen LogP contribution in [0.4, 0.5) is 24.7 Å². The number of hydrogen-bond acceptors (Lipinski definition) is 5. The summed E-state index contributed by atoms with van der Waals surface area (Å²) in [5, 5.41) is 0. The molecule has 0 fully saturated rings. The van der Waals surface area contributed by atoms with E-state index >= 15 is 0 Å². The average molecular weight is 411 g/mol. The van der Waals surface area contributed by atoms with E-state index in [9.17, 15) is 13.2 Å². The fourth-order valence-electron chi connectivity index (χ4n) is 2.69. The molecule has 0 amide bonds. The number of rotatable bonds is 10. The molecule has 29 heavy (non-hydrogen) atoms. The third-order valence-corrected chi connectivity index (χ3v) is 4.20. The van der Waals surface area contributed by atoms with Crippen LogP contribution in [-0.2, 0) is 6.18 Å². The predicted molar refractivity (Wildman–Crippen MR) is 107 cm³/mol. The van der Waals surface area contributed by atoms with Gasteiger partial charge >= 0.3 is 12.2 Å². The molecule has 0 atom stereocenters. The lowest BCUT2D eigenvalue weighted by Gasteiger charge is -2.23. The van der Waals surface area contributed by atoms with E-state index in [0.717, 1.165) is 25.5 Å². The van der Waals surface area contributed by atoms with Gasteiger partial charge < -0.3 is 14.4 Å². The van der Waals surface area contributed by atoms with Gasteiger partial charge in [-0.25, -0.2) is 4.98 Å². The van der Waals surface area contributed by atoms with Crippen LogP contribution in [-0.4, -0.2) is 29.7 Å². The Labute approximate surface area is 169 Å². The van der Waals surface area contributed by atoms with Crippen molar-refractivity contribution >= 4 is 11.5 Å². The summed E-state index contributed by atoms with van der Waals surface area (Å²) in [5.41, 5.74) is -0.379. The maximum Gasteiger partial charge on any atom is 0.421 e. The summed E-state index contributed by atoms with van der Waals surface area (Å²) in [6.07, 6.45) is 0.352. The number of hydrogen-bond donors (Lipinski definition) is 0. The van der Waals surface area contributed by atoms with Crippen LogP contribution in [0.3, 0.4) is 0 Å². The first-order valence-corrected chi connectivity index (χ1v) is 9.79. The van der Waals surface area contributed by atoms with E-state index in [1.54, 1.807) is 38.1 Å². The lowest BCUT2D eigenvalue weighted by atomic mass is 10.2. The molecular weight excluding hydrogens is 383 g/mol. The zero-order valence-corrected chi connectivity index (χ0v) is 17.3. The van der Waals surface area contributed by atoms with Gasteiger partial charge in [0.25, 0.3) is 0 Å². The Morgan fingerprint density at radius 2 is 1.76 bits per heavy atom. The second kappa shape index (κ2) is 10.3. The van der Waals surface area contributed by atoms with Gasteiger partial charge in [0.1, 0.15) is 11.3 Å². The van der Waals surface area contributed by atoms with Crippen molar-refractivity contribution in [2.45, 2.75) is 58.7 Å². The van der Waals surface area contributed by atoms with Gasteiger partial charge in [-0.3, -0.25) is 0 Å². The Kier molecular flexibility index (Phi) is 8.10. The first-order chi connectivity index (χ1) is 13.7. The van der Waals surface area contributed by atoms with E-state index < -0.39 is 11.7 Å². The van der Waals surface area contributed by atoms with Gasteiger partial charge in [-0.05, 0) is 44.5 Å². The number of aromatic nitrogens is 2. The summed E-state index contributed by atoms with van der Waals surface area (Å²) in [4.78, 5) is 9.05. The fourth-order valence-corrected chi connectivity index (χ4v) is 2.69. The monoisotopic (exact) mass is 411 g/mol. The summed E-state index contributed by atoms with van der Waals surface area (Å²) in [6.45, 7) is 6.28. The zero-order chi connectivity index (χ0) is 21.4. The molecule has 0 N–H and O–H groups in total. The van der Waals surface area contributed by atoms with E-state index in [1.807, 2.05) is 0 Å². The van der Waals surface area contributed by atoms with Gasteiger partial charge in [0.2, 0.25) is 0 Å². The summed E-state index contributed by atoms with van der Waals surface area (Å²) in [5.74, 6) is 0.414. The first kappa shape index (κ1) is 22.8. The summed E-state index contributed by atoms with van der Waals surface area (Å²) in [7, 11) is 1.53. The van der Waals surface area contributed by atoms with Gasteiger partial charge in [0.05, 0.1) is 12.7 Å². The van der Waals surface area contributed by atoms with Gasteiger partial charge in [-0.2, -0.15) is 18.2 Å². The number of nitrogens with zero attached hydrogens (tertiary/aromatic N) is 3. The summed E-state index contributed by atoms with van der Waals surface area (Å²) < 4.78 is 51.4. The molecule has 0 spiro atoms. The Bertz CT molecular complexity index is 765. The number of benzene rings is 1. The van der Waals surface area contributed by atoms with Crippen LogP contribution in [0.15, 0.2) is 30.5 Å². The van der Waals surface area contributed by atoms with Crippen molar-refractivity contribution in [3.63, 3.8) is 0 Å². The smallest absolute Gasteiger partial charge is 0.421 e. The van der Waals surface area contributed by atoms with Crippen molar-refractivity contribution in [1.29, 1.82) is 0 Å². The minimum atomic E-state index is -4.58. The highest BCUT2D eigenvalue weighted by Gasteiger charge is 2.36. The van der Waals surface area contributed by atoms with E-state index in [0.29, 0.717) is 18.0 Å². The molecule has 0 aliphatic rings. The average Bonchev–Trinajstić information content (AvgIpc) is 2.66. The molecule has 0 aliphatic heterocycles. The molecule has 0 aliphatic carbocycles. The van der Waals surface area contributed by atoms with Crippen LogP contribution >= 0.6 is 0 Å². The molecule has 1 aromatic heterocycles. The van der Waals surface area contributed by atoms with E-state index in [2.05, 4.69) is 16.9 Å². The molecule has 1 heterocycles. The van der Waals surface area contributed by atoms with Crippen molar-refractivity contribution < 1.29 is 22.6 Å². The minimum absolute atomic E-state index is 0.0955. The Morgan fingerprint density at radius 3 is 2.34 bits per heavy atom. The topological polar surface area (TPSA) is 47.5 Å². The summed E-state index contributed by atoms with van der Waals surface area (Å²) in [6, 6.07) is 6.79. The number of alkyl halides is 3. The summed E-state index contributed by atoms with van der Waals surface area (Å²) >= 11 is 0. The normalized spacial score (nSPS) is 11.6. The van der Waals surface area contributed by atoms with Crippen LogP contribution in [0.5, 0.6) is 11.8 Å². The van der Waals surface area contributed by atoms with E-state index in [4.69, 9.17) is 9.47 Å². The third kappa shape index (κ3) is 6.80. The molecule has 0 bridgehead atoms. The first-order valence-electron chi connectivity index (χ1n) is 9.79. The second-order valence-corrected chi connectivity index (χ2v) is 7.02. The Morgan fingerprint density at radius 1 is 1.07 bits per heavy atom. The number of halogens is 3.